The molecule has 0 atom stereocenters. The fourth-order valence-electron chi connectivity index (χ4n) is 9.95. The van der Waals surface area contributed by atoms with Crippen molar-refractivity contribution in [3.05, 3.63) is 186 Å². The Balaban J connectivity index is 1.20. The zero-order valence-corrected chi connectivity index (χ0v) is 28.3. The van der Waals surface area contributed by atoms with Gasteiger partial charge in [0.25, 0.3) is 0 Å². The number of furan rings is 1. The van der Waals surface area contributed by atoms with Crippen LogP contribution in [0.2, 0.25) is 0 Å². The first-order chi connectivity index (χ1) is 26.3. The zero-order valence-electron chi connectivity index (χ0n) is 28.3. The third-order valence-electron chi connectivity index (χ3n) is 12.0. The molecule has 0 amide bonds. The second-order valence-electron chi connectivity index (χ2n) is 14.4. The Hall–Kier alpha value is -7.04. The van der Waals surface area contributed by atoms with E-state index in [1.54, 1.807) is 0 Å². The molecule has 4 nitrogen and oxygen atoms in total. The molecule has 0 bridgehead atoms. The van der Waals surface area contributed by atoms with Gasteiger partial charge in [-0.15, -0.1) is 0 Å². The Labute approximate surface area is 303 Å². The van der Waals surface area contributed by atoms with Gasteiger partial charge in [-0.1, -0.05) is 115 Å². The first-order valence-corrected chi connectivity index (χ1v) is 18.2. The summed E-state index contributed by atoms with van der Waals surface area (Å²) in [6.45, 7) is 0. The van der Waals surface area contributed by atoms with Gasteiger partial charge in [0.05, 0.1) is 27.5 Å². The maximum Gasteiger partial charge on any atom is 0.165 e. The van der Waals surface area contributed by atoms with Crippen LogP contribution in [0.1, 0.15) is 22.3 Å². The Kier molecular flexibility index (Phi) is 5.03. The van der Waals surface area contributed by atoms with Gasteiger partial charge in [-0.25, -0.2) is 9.97 Å². The highest BCUT2D eigenvalue weighted by atomic mass is 16.3. The van der Waals surface area contributed by atoms with Crippen LogP contribution in [0, 0.1) is 0 Å². The van der Waals surface area contributed by atoms with Crippen molar-refractivity contribution in [1.29, 1.82) is 0 Å². The number of aromatic nitrogens is 3. The molecule has 1 spiro atoms. The molecule has 13 rings (SSSR count). The number of para-hydroxylation sites is 3. The number of hydrogen-bond acceptors (Lipinski definition) is 3. The molecule has 8 aromatic carbocycles. The van der Waals surface area contributed by atoms with Crippen molar-refractivity contribution in [2.75, 3.05) is 0 Å². The Morgan fingerprint density at radius 2 is 1.09 bits per heavy atom. The minimum absolute atomic E-state index is 0.467. The maximum absolute atomic E-state index is 6.25. The van der Waals surface area contributed by atoms with E-state index < -0.39 is 5.41 Å². The van der Waals surface area contributed by atoms with Crippen molar-refractivity contribution in [2.45, 2.75) is 5.41 Å². The molecule has 0 fully saturated rings. The number of rotatable bonds is 2. The third-order valence-corrected chi connectivity index (χ3v) is 12.0. The molecule has 0 saturated heterocycles. The molecule has 2 aliphatic rings. The van der Waals surface area contributed by atoms with Gasteiger partial charge in [0.1, 0.15) is 16.9 Å². The maximum atomic E-state index is 6.25. The normalized spacial score (nSPS) is 13.8. The van der Waals surface area contributed by atoms with E-state index in [2.05, 4.69) is 144 Å². The second kappa shape index (κ2) is 9.64. The van der Waals surface area contributed by atoms with Crippen molar-refractivity contribution >= 4 is 65.6 Å². The van der Waals surface area contributed by atoms with Crippen LogP contribution < -0.4 is 0 Å². The zero-order chi connectivity index (χ0) is 34.4. The topological polar surface area (TPSA) is 43.9 Å². The lowest BCUT2D eigenvalue weighted by atomic mass is 9.63. The summed E-state index contributed by atoms with van der Waals surface area (Å²) in [7, 11) is 0. The highest BCUT2D eigenvalue weighted by Gasteiger charge is 2.50. The predicted octanol–water partition coefficient (Wildman–Crippen LogP) is 12.1. The van der Waals surface area contributed by atoms with Crippen LogP contribution in [0.4, 0.5) is 0 Å². The van der Waals surface area contributed by atoms with Crippen LogP contribution in [0.5, 0.6) is 0 Å². The van der Waals surface area contributed by atoms with Gasteiger partial charge in [0.2, 0.25) is 0 Å². The van der Waals surface area contributed by atoms with E-state index in [1.165, 1.54) is 54.9 Å². The van der Waals surface area contributed by atoms with E-state index in [4.69, 9.17) is 14.4 Å². The van der Waals surface area contributed by atoms with Gasteiger partial charge in [0, 0.05) is 27.1 Å². The predicted molar refractivity (Wildman–Crippen MR) is 215 cm³/mol. The molecule has 244 valence electrons. The molecule has 3 heterocycles. The third kappa shape index (κ3) is 3.28. The quantitative estimate of drug-likeness (QED) is 0.183. The van der Waals surface area contributed by atoms with Gasteiger partial charge >= 0.3 is 0 Å². The van der Waals surface area contributed by atoms with Crippen molar-refractivity contribution in [3.8, 4) is 28.2 Å². The molecule has 11 aromatic rings. The molecular formula is C49H27N3O. The average Bonchev–Trinajstić information content (AvgIpc) is 3.86. The fourth-order valence-corrected chi connectivity index (χ4v) is 9.95. The molecule has 0 aliphatic heterocycles. The van der Waals surface area contributed by atoms with Crippen LogP contribution in [-0.4, -0.2) is 14.5 Å². The second-order valence-corrected chi connectivity index (χ2v) is 14.4. The van der Waals surface area contributed by atoms with Crippen LogP contribution in [0.3, 0.4) is 0 Å². The van der Waals surface area contributed by atoms with Crippen LogP contribution in [0.25, 0.3) is 93.8 Å². The van der Waals surface area contributed by atoms with Gasteiger partial charge in [-0.3, -0.25) is 4.57 Å². The molecule has 4 heteroatoms. The Morgan fingerprint density at radius 3 is 1.92 bits per heavy atom. The summed E-state index contributed by atoms with van der Waals surface area (Å²) < 4.78 is 8.62. The molecule has 2 aliphatic carbocycles. The summed E-state index contributed by atoms with van der Waals surface area (Å²) in [6, 6.07) is 59.2. The van der Waals surface area contributed by atoms with Crippen LogP contribution >= 0.6 is 0 Å². The minimum Gasteiger partial charge on any atom is -0.456 e. The molecular weight excluding hydrogens is 647 g/mol. The van der Waals surface area contributed by atoms with Crippen LogP contribution in [-0.2, 0) is 5.41 Å². The number of benzene rings is 8. The number of hydrogen-bond donors (Lipinski definition) is 0. The van der Waals surface area contributed by atoms with Crippen molar-refractivity contribution in [1.82, 2.24) is 14.5 Å². The summed E-state index contributed by atoms with van der Waals surface area (Å²) in [6.07, 6.45) is 0. The standard InChI is InChI=1S/C49H27N3O/c1-4-15-34-30(12-1)31-13-2-5-16-35(31)49(34)36-17-9-11-28-23-25-41-46(44(28)36)45-37(49)18-10-21-40(45)52(41)48-47(50-38-19-6-7-20-39(38)51-48)29-24-26-43-33(27-29)32-14-3-8-22-42(32)53-43/h1-27H. The average molecular weight is 674 g/mol. The van der Waals surface area contributed by atoms with E-state index in [-0.39, 0.29) is 0 Å². The highest BCUT2D eigenvalue weighted by molar-refractivity contribution is 6.26. The van der Waals surface area contributed by atoms with Crippen molar-refractivity contribution in [2.24, 2.45) is 0 Å². The molecule has 0 radical (unpaired) electrons. The van der Waals surface area contributed by atoms with Crippen molar-refractivity contribution in [3.63, 3.8) is 0 Å². The lowest BCUT2D eigenvalue weighted by Gasteiger charge is -2.37. The minimum atomic E-state index is -0.467. The summed E-state index contributed by atoms with van der Waals surface area (Å²) in [4.78, 5) is 10.9. The van der Waals surface area contributed by atoms with E-state index in [1.807, 2.05) is 24.3 Å². The lowest BCUT2D eigenvalue weighted by molar-refractivity contribution is 0.669. The monoisotopic (exact) mass is 673 g/mol. The number of nitrogens with zero attached hydrogens (tertiary/aromatic N) is 3. The first kappa shape index (κ1) is 27.7. The molecule has 0 unspecified atom stereocenters. The Morgan fingerprint density at radius 1 is 0.453 bits per heavy atom. The summed E-state index contributed by atoms with van der Waals surface area (Å²) >= 11 is 0. The van der Waals surface area contributed by atoms with E-state index >= 15 is 0 Å². The van der Waals surface area contributed by atoms with E-state index in [9.17, 15) is 0 Å². The molecule has 0 saturated carbocycles. The summed E-state index contributed by atoms with van der Waals surface area (Å²) in [5.41, 5.74) is 15.0. The van der Waals surface area contributed by atoms with Gasteiger partial charge in [-0.05, 0) is 92.7 Å². The van der Waals surface area contributed by atoms with Crippen molar-refractivity contribution < 1.29 is 4.42 Å². The summed E-state index contributed by atoms with van der Waals surface area (Å²) in [5.74, 6) is 0.813. The largest absolute Gasteiger partial charge is 0.456 e. The lowest BCUT2D eigenvalue weighted by Crippen LogP contribution is -2.30. The first-order valence-electron chi connectivity index (χ1n) is 18.2. The number of fused-ring (bicyclic) bond motifs is 11. The van der Waals surface area contributed by atoms with E-state index in [0.717, 1.165) is 61.1 Å². The van der Waals surface area contributed by atoms with Gasteiger partial charge in [-0.2, -0.15) is 0 Å². The molecule has 0 N–H and O–H groups in total. The van der Waals surface area contributed by atoms with Gasteiger partial charge in [0.15, 0.2) is 5.82 Å². The smallest absolute Gasteiger partial charge is 0.165 e. The van der Waals surface area contributed by atoms with Crippen LogP contribution in [0.15, 0.2) is 168 Å². The molecule has 53 heavy (non-hydrogen) atoms. The Bertz CT molecular complexity index is 3380. The fraction of sp³-hybridized carbons (Fsp3) is 0.0204. The highest BCUT2D eigenvalue weighted by Crippen LogP contribution is 2.62. The summed E-state index contributed by atoms with van der Waals surface area (Å²) in [5, 5.41) is 7.25. The van der Waals surface area contributed by atoms with Gasteiger partial charge < -0.3 is 4.42 Å². The molecule has 3 aromatic heterocycles. The SMILES string of the molecule is c1ccc2c(c1)-c1ccccc1C21c2cccc3ccc4c(c23)c2c1cccc2n4-c1nc2ccccc2nc1-c1ccc2oc3ccccc3c2c1. The van der Waals surface area contributed by atoms with E-state index in [0.29, 0.717) is 0 Å².